The SMILES string of the molecule is CCCCc1ccc(-c2ccc(C(=O)N[C@@H](CCCCNC(=O)OC(C)(C)C)C(=O)N(C)[C@@H]3C(=O)N[C@@H](N)C(=O)N[C@H](C(=O)O)CCCCCc4cc3ccc4OC)cc2)cc1. The monoisotopic (exact) mass is 856 g/mol. The number of carbonyl (C=O) groups excluding carboxylic acids is 5. The third-order valence-electron chi connectivity index (χ3n) is 10.7. The molecule has 1 aliphatic heterocycles. The van der Waals surface area contributed by atoms with Gasteiger partial charge >= 0.3 is 12.1 Å². The molecule has 0 saturated carbocycles. The second-order valence-electron chi connectivity index (χ2n) is 16.7. The lowest BCUT2D eigenvalue weighted by Gasteiger charge is -2.32. The van der Waals surface area contributed by atoms with E-state index in [1.165, 1.54) is 24.6 Å². The second-order valence-corrected chi connectivity index (χ2v) is 16.7. The van der Waals surface area contributed by atoms with Gasteiger partial charge in [0.05, 0.1) is 7.11 Å². The number of benzene rings is 3. The van der Waals surface area contributed by atoms with Crippen molar-refractivity contribution in [1.82, 2.24) is 26.2 Å². The minimum atomic E-state index is -1.65. The normalized spacial score (nSPS) is 17.8. The molecule has 0 unspecified atom stereocenters. The summed E-state index contributed by atoms with van der Waals surface area (Å²) in [5.41, 5.74) is 10.1. The number of nitrogens with two attached hydrogens (primary N) is 1. The zero-order valence-corrected chi connectivity index (χ0v) is 36.9. The fourth-order valence-corrected chi connectivity index (χ4v) is 7.28. The first-order valence-corrected chi connectivity index (χ1v) is 21.5. The van der Waals surface area contributed by atoms with E-state index in [-0.39, 0.29) is 19.4 Å². The number of nitrogens with zero attached hydrogens (tertiary/aromatic N) is 1. The first kappa shape index (κ1) is 48.7. The predicted octanol–water partition coefficient (Wildman–Crippen LogP) is 5.78. The molecule has 336 valence electrons. The lowest BCUT2D eigenvalue weighted by Crippen LogP contribution is -2.58. The Morgan fingerprint density at radius 2 is 1.58 bits per heavy atom. The molecule has 15 nitrogen and oxygen atoms in total. The lowest BCUT2D eigenvalue weighted by atomic mass is 9.96. The van der Waals surface area contributed by atoms with Gasteiger partial charge in [0.25, 0.3) is 11.8 Å². The zero-order valence-electron chi connectivity index (χ0n) is 36.9. The molecule has 0 fully saturated rings. The zero-order chi connectivity index (χ0) is 45.4. The fraction of sp³-hybridized carbons (Fsp3) is 0.489. The number of nitrogens with one attached hydrogen (secondary N) is 4. The Hall–Kier alpha value is -5.96. The molecule has 3 aromatic rings. The van der Waals surface area contributed by atoms with Crippen LogP contribution in [0.15, 0.2) is 66.7 Å². The van der Waals surface area contributed by atoms with Crippen LogP contribution >= 0.6 is 0 Å². The molecule has 62 heavy (non-hydrogen) atoms. The standard InChI is InChI=1S/C47H64N6O9/c1-7-8-14-30-18-20-31(21-19-30)32-22-24-33(25-23-32)41(54)50-36(16-12-13-28-49-46(60)62-47(2,3)4)44(57)53(5)39-35-26-27-38(61-6)34(29-35)15-10-9-11-17-37(45(58)59)51-43(56)40(48)52-42(39)55/h18-27,29,36-37,39-40H,7-17,28,48H2,1-6H3,(H,49,60)(H,50,54)(H,51,56)(H,52,55)(H,58,59)/t36-,37-,39-,40+/m0/s1. The number of methoxy groups -OCH3 is 1. The molecule has 3 aromatic carbocycles. The molecular formula is C47H64N6O9. The van der Waals surface area contributed by atoms with Gasteiger partial charge in [-0.3, -0.25) is 19.2 Å². The average Bonchev–Trinajstić information content (AvgIpc) is 3.23. The smallest absolute Gasteiger partial charge is 0.407 e. The third kappa shape index (κ3) is 14.6. The van der Waals surface area contributed by atoms with E-state index >= 15 is 0 Å². The molecule has 15 heteroatoms. The summed E-state index contributed by atoms with van der Waals surface area (Å²) < 4.78 is 11.0. The molecule has 4 rings (SSSR count). The Kier molecular flexibility index (Phi) is 18.3. The van der Waals surface area contributed by atoms with Crippen molar-refractivity contribution in [2.24, 2.45) is 5.73 Å². The molecule has 1 aliphatic rings. The van der Waals surface area contributed by atoms with Crippen molar-refractivity contribution in [3.63, 3.8) is 0 Å². The van der Waals surface area contributed by atoms with E-state index < -0.39 is 65.6 Å². The molecule has 7 N–H and O–H groups in total. The quantitative estimate of drug-likeness (QED) is 0.101. The number of fused-ring (bicyclic) bond motifs is 2. The summed E-state index contributed by atoms with van der Waals surface area (Å²) >= 11 is 0. The van der Waals surface area contributed by atoms with Crippen LogP contribution in [-0.4, -0.2) is 90.3 Å². The van der Waals surface area contributed by atoms with E-state index in [1.807, 2.05) is 12.1 Å². The Morgan fingerprint density at radius 1 is 0.903 bits per heavy atom. The van der Waals surface area contributed by atoms with E-state index in [0.717, 1.165) is 36.0 Å². The number of carboxylic acid groups (broad SMARTS) is 1. The molecule has 5 amide bonds. The average molecular weight is 857 g/mol. The number of unbranched alkanes of at least 4 members (excludes halogenated alkanes) is 2. The van der Waals surface area contributed by atoms with Crippen molar-refractivity contribution in [2.75, 3.05) is 20.7 Å². The van der Waals surface area contributed by atoms with Crippen LogP contribution in [0, 0.1) is 0 Å². The van der Waals surface area contributed by atoms with Crippen LogP contribution in [0.5, 0.6) is 5.75 Å². The summed E-state index contributed by atoms with van der Waals surface area (Å²) in [4.78, 5) is 81.3. The van der Waals surface area contributed by atoms with Gasteiger partial charge in [0.1, 0.15) is 29.5 Å². The van der Waals surface area contributed by atoms with E-state index in [9.17, 15) is 33.9 Å². The van der Waals surface area contributed by atoms with Gasteiger partial charge in [-0.25, -0.2) is 9.59 Å². The molecule has 0 saturated heterocycles. The van der Waals surface area contributed by atoms with Crippen LogP contribution in [0.1, 0.15) is 119 Å². The lowest BCUT2D eigenvalue weighted by molar-refractivity contribution is -0.143. The number of hydrogen-bond acceptors (Lipinski definition) is 9. The van der Waals surface area contributed by atoms with Gasteiger partial charge in [0, 0.05) is 19.2 Å². The van der Waals surface area contributed by atoms with Gasteiger partial charge in [-0.1, -0.05) is 68.7 Å². The summed E-state index contributed by atoms with van der Waals surface area (Å²) in [5.74, 6) is -3.46. The number of carbonyl (C=O) groups is 6. The van der Waals surface area contributed by atoms with Gasteiger partial charge in [0.15, 0.2) is 6.17 Å². The maximum Gasteiger partial charge on any atom is 0.407 e. The van der Waals surface area contributed by atoms with Gasteiger partial charge < -0.3 is 46.5 Å². The summed E-state index contributed by atoms with van der Waals surface area (Å²) in [6, 6.07) is 16.9. The van der Waals surface area contributed by atoms with Crippen LogP contribution in [0.25, 0.3) is 11.1 Å². The predicted molar refractivity (Wildman–Crippen MR) is 236 cm³/mol. The topological polar surface area (TPSA) is 218 Å². The largest absolute Gasteiger partial charge is 0.496 e. The van der Waals surface area contributed by atoms with Crippen LogP contribution in [0.2, 0.25) is 0 Å². The number of hydrogen-bond donors (Lipinski definition) is 6. The van der Waals surface area contributed by atoms with Gasteiger partial charge in [-0.05, 0) is 124 Å². The van der Waals surface area contributed by atoms with Crippen molar-refractivity contribution in [1.29, 1.82) is 0 Å². The van der Waals surface area contributed by atoms with Crippen molar-refractivity contribution in [3.05, 3.63) is 89.0 Å². The number of alkyl carbamates (subject to hydrolysis) is 1. The van der Waals surface area contributed by atoms with E-state index in [0.29, 0.717) is 55.4 Å². The molecule has 0 aliphatic carbocycles. The molecule has 2 bridgehead atoms. The maximum absolute atomic E-state index is 14.7. The number of ether oxygens (including phenoxy) is 2. The summed E-state index contributed by atoms with van der Waals surface area (Å²) in [7, 11) is 2.96. The van der Waals surface area contributed by atoms with Crippen LogP contribution < -0.4 is 31.7 Å². The number of amides is 5. The number of rotatable bonds is 15. The van der Waals surface area contributed by atoms with Crippen LogP contribution in [-0.2, 0) is 36.8 Å². The van der Waals surface area contributed by atoms with Crippen molar-refractivity contribution in [3.8, 4) is 16.9 Å². The molecular weight excluding hydrogens is 793 g/mol. The molecule has 1 heterocycles. The number of aryl methyl sites for hydroxylation is 2. The first-order chi connectivity index (χ1) is 29.5. The Balaban J connectivity index is 1.63. The second kappa shape index (κ2) is 23.3. The van der Waals surface area contributed by atoms with Crippen LogP contribution in [0.3, 0.4) is 0 Å². The maximum atomic E-state index is 14.7. The van der Waals surface area contributed by atoms with Crippen LogP contribution in [0.4, 0.5) is 4.79 Å². The van der Waals surface area contributed by atoms with Crippen molar-refractivity contribution in [2.45, 2.75) is 128 Å². The number of likely N-dealkylation sites (N-methyl/N-ethyl adjacent to an activating group) is 1. The van der Waals surface area contributed by atoms with Gasteiger partial charge in [0.2, 0.25) is 11.8 Å². The molecule has 0 aromatic heterocycles. The summed E-state index contributed by atoms with van der Waals surface area (Å²) in [5, 5.41) is 20.3. The Bertz CT molecular complexity index is 2000. The highest BCUT2D eigenvalue weighted by molar-refractivity contribution is 5.99. The number of carboxylic acids is 1. The molecule has 4 atom stereocenters. The third-order valence-corrected chi connectivity index (χ3v) is 10.7. The molecule has 0 spiro atoms. The van der Waals surface area contributed by atoms with E-state index in [1.54, 1.807) is 51.1 Å². The minimum absolute atomic E-state index is 0.147. The van der Waals surface area contributed by atoms with E-state index in [2.05, 4.69) is 52.5 Å². The highest BCUT2D eigenvalue weighted by Crippen LogP contribution is 2.29. The Labute approximate surface area is 364 Å². The minimum Gasteiger partial charge on any atom is -0.496 e. The highest BCUT2D eigenvalue weighted by atomic mass is 16.6. The van der Waals surface area contributed by atoms with Gasteiger partial charge in [-0.2, -0.15) is 0 Å². The number of aliphatic carboxylic acids is 1. The van der Waals surface area contributed by atoms with Crippen molar-refractivity contribution >= 4 is 35.7 Å². The van der Waals surface area contributed by atoms with Crippen molar-refractivity contribution < 1.29 is 43.3 Å². The summed E-state index contributed by atoms with van der Waals surface area (Å²) in [6.45, 7) is 7.70. The first-order valence-electron chi connectivity index (χ1n) is 21.5. The fourth-order valence-electron chi connectivity index (χ4n) is 7.28. The van der Waals surface area contributed by atoms with E-state index in [4.69, 9.17) is 15.2 Å². The molecule has 0 radical (unpaired) electrons. The summed E-state index contributed by atoms with van der Waals surface area (Å²) in [6.07, 6.45) is 4.54. The Morgan fingerprint density at radius 3 is 2.21 bits per heavy atom. The van der Waals surface area contributed by atoms with Gasteiger partial charge in [-0.15, -0.1) is 0 Å². The highest BCUT2D eigenvalue weighted by Gasteiger charge is 2.36.